The lowest BCUT2D eigenvalue weighted by Gasteiger charge is -2.36. The molecule has 2 aliphatic heterocycles. The number of halogens is 1. The van der Waals surface area contributed by atoms with Gasteiger partial charge >= 0.3 is 0 Å². The van der Waals surface area contributed by atoms with E-state index in [9.17, 15) is 13.2 Å². The molecule has 0 aromatic rings. The molecule has 1 amide bonds. The molecule has 2 fully saturated rings. The number of piperidine rings is 1. The Kier molecular flexibility index (Phi) is 5.43. The molecule has 7 heteroatoms. The average Bonchev–Trinajstić information content (AvgIpc) is 2.68. The normalized spacial score (nSPS) is 30.8. The van der Waals surface area contributed by atoms with Crippen molar-refractivity contribution < 1.29 is 13.2 Å². The van der Waals surface area contributed by atoms with Crippen LogP contribution in [0.3, 0.4) is 0 Å². The van der Waals surface area contributed by atoms with E-state index < -0.39 is 9.84 Å². The quantitative estimate of drug-likeness (QED) is 0.788. The van der Waals surface area contributed by atoms with E-state index in [1.165, 1.54) is 0 Å². The summed E-state index contributed by atoms with van der Waals surface area (Å²) >= 11 is 0. The second kappa shape index (κ2) is 6.21. The van der Waals surface area contributed by atoms with Gasteiger partial charge in [0.15, 0.2) is 9.84 Å². The number of carbonyl (C=O) groups excluding carboxylic acids is 1. The molecule has 5 nitrogen and oxygen atoms in total. The standard InChI is InChI=1S/C11H20N2O3S.ClH/c12-7-10-3-1-2-5-13(10)11(14)9-4-6-17(15,16)8-9;/h9-10H,1-8,12H2;1H. The van der Waals surface area contributed by atoms with Gasteiger partial charge in [0.2, 0.25) is 5.91 Å². The van der Waals surface area contributed by atoms with Gasteiger partial charge in [0.1, 0.15) is 0 Å². The fourth-order valence-corrected chi connectivity index (χ4v) is 4.49. The molecule has 0 aromatic heterocycles. The van der Waals surface area contributed by atoms with Crippen molar-refractivity contribution in [1.82, 2.24) is 4.90 Å². The SMILES string of the molecule is Cl.NCC1CCCCN1C(=O)C1CCS(=O)(=O)C1. The van der Waals surface area contributed by atoms with E-state index in [-0.39, 0.29) is 41.8 Å². The van der Waals surface area contributed by atoms with Gasteiger partial charge in [-0.05, 0) is 25.7 Å². The third kappa shape index (κ3) is 3.36. The van der Waals surface area contributed by atoms with Crippen molar-refractivity contribution in [3.63, 3.8) is 0 Å². The number of nitrogens with zero attached hydrogens (tertiary/aromatic N) is 1. The second-order valence-corrected chi connectivity index (χ2v) is 7.25. The monoisotopic (exact) mass is 296 g/mol. The molecular formula is C11H21ClN2O3S. The zero-order chi connectivity index (χ0) is 12.5. The van der Waals surface area contributed by atoms with E-state index in [2.05, 4.69) is 0 Å². The molecular weight excluding hydrogens is 276 g/mol. The van der Waals surface area contributed by atoms with Crippen LogP contribution in [0.5, 0.6) is 0 Å². The van der Waals surface area contributed by atoms with E-state index in [0.717, 1.165) is 25.8 Å². The van der Waals surface area contributed by atoms with E-state index >= 15 is 0 Å². The van der Waals surface area contributed by atoms with Gasteiger partial charge in [-0.2, -0.15) is 0 Å². The Hall–Kier alpha value is -0.330. The topological polar surface area (TPSA) is 80.5 Å². The summed E-state index contributed by atoms with van der Waals surface area (Å²) in [7, 11) is -2.98. The highest BCUT2D eigenvalue weighted by molar-refractivity contribution is 7.91. The van der Waals surface area contributed by atoms with Crippen LogP contribution < -0.4 is 5.73 Å². The zero-order valence-corrected chi connectivity index (χ0v) is 12.0. The molecule has 106 valence electrons. The van der Waals surface area contributed by atoms with Crippen LogP contribution >= 0.6 is 12.4 Å². The number of carbonyl (C=O) groups is 1. The maximum absolute atomic E-state index is 12.3. The average molecular weight is 297 g/mol. The van der Waals surface area contributed by atoms with Crippen LogP contribution in [-0.2, 0) is 14.6 Å². The molecule has 2 heterocycles. The van der Waals surface area contributed by atoms with Crippen molar-refractivity contribution in [2.45, 2.75) is 31.7 Å². The summed E-state index contributed by atoms with van der Waals surface area (Å²) in [5.41, 5.74) is 5.67. The van der Waals surface area contributed by atoms with E-state index in [4.69, 9.17) is 5.73 Å². The van der Waals surface area contributed by atoms with Gasteiger partial charge in [-0.3, -0.25) is 4.79 Å². The van der Waals surface area contributed by atoms with Crippen molar-refractivity contribution >= 4 is 28.2 Å². The highest BCUT2D eigenvalue weighted by Gasteiger charge is 2.37. The van der Waals surface area contributed by atoms with Gasteiger partial charge in [0.05, 0.1) is 17.4 Å². The molecule has 0 aromatic carbocycles. The van der Waals surface area contributed by atoms with Gasteiger partial charge < -0.3 is 10.6 Å². The molecule has 18 heavy (non-hydrogen) atoms. The first-order valence-corrected chi connectivity index (χ1v) is 8.06. The lowest BCUT2D eigenvalue weighted by Crippen LogP contribution is -2.49. The van der Waals surface area contributed by atoms with E-state index in [1.54, 1.807) is 0 Å². The van der Waals surface area contributed by atoms with Crippen molar-refractivity contribution in [2.24, 2.45) is 11.7 Å². The Morgan fingerprint density at radius 1 is 1.28 bits per heavy atom. The van der Waals surface area contributed by atoms with Crippen LogP contribution in [0.15, 0.2) is 0 Å². The van der Waals surface area contributed by atoms with Gasteiger partial charge in [0, 0.05) is 19.1 Å². The number of hydrogen-bond donors (Lipinski definition) is 1. The number of amides is 1. The number of hydrogen-bond acceptors (Lipinski definition) is 4. The molecule has 0 radical (unpaired) electrons. The summed E-state index contributed by atoms with van der Waals surface area (Å²) in [5.74, 6) is -0.141. The summed E-state index contributed by atoms with van der Waals surface area (Å²) in [6.45, 7) is 1.21. The van der Waals surface area contributed by atoms with E-state index in [1.807, 2.05) is 4.90 Å². The smallest absolute Gasteiger partial charge is 0.227 e. The molecule has 0 aliphatic carbocycles. The Morgan fingerprint density at radius 3 is 2.56 bits per heavy atom. The summed E-state index contributed by atoms with van der Waals surface area (Å²) in [6, 6.07) is 0.111. The fourth-order valence-electron chi connectivity index (χ4n) is 2.76. The predicted octanol–water partition coefficient (Wildman–Crippen LogP) is 0.183. The van der Waals surface area contributed by atoms with Crippen LogP contribution in [0.2, 0.25) is 0 Å². The third-order valence-corrected chi connectivity index (χ3v) is 5.53. The van der Waals surface area contributed by atoms with Gasteiger partial charge in [-0.1, -0.05) is 0 Å². The molecule has 2 rings (SSSR count). The number of nitrogens with two attached hydrogens (primary N) is 1. The minimum absolute atomic E-state index is 0. The molecule has 2 atom stereocenters. The Labute approximate surface area is 114 Å². The minimum Gasteiger partial charge on any atom is -0.338 e. The lowest BCUT2D eigenvalue weighted by molar-refractivity contribution is -0.138. The van der Waals surface area contributed by atoms with Crippen molar-refractivity contribution in [3.05, 3.63) is 0 Å². The number of likely N-dealkylation sites (tertiary alicyclic amines) is 1. The lowest BCUT2D eigenvalue weighted by atomic mass is 9.99. The Bertz CT molecular complexity index is 399. The van der Waals surface area contributed by atoms with Crippen LogP contribution in [0.4, 0.5) is 0 Å². The van der Waals surface area contributed by atoms with Gasteiger partial charge in [0.25, 0.3) is 0 Å². The maximum atomic E-state index is 12.3. The van der Waals surface area contributed by atoms with Crippen LogP contribution in [0, 0.1) is 5.92 Å². The fraction of sp³-hybridized carbons (Fsp3) is 0.909. The Balaban J connectivity index is 0.00000162. The maximum Gasteiger partial charge on any atom is 0.227 e. The summed E-state index contributed by atoms with van der Waals surface area (Å²) in [5, 5.41) is 0. The number of sulfone groups is 1. The molecule has 2 saturated heterocycles. The summed E-state index contributed by atoms with van der Waals surface area (Å²) in [4.78, 5) is 14.1. The first kappa shape index (κ1) is 15.7. The first-order valence-electron chi connectivity index (χ1n) is 6.24. The molecule has 2 aliphatic rings. The highest BCUT2D eigenvalue weighted by Crippen LogP contribution is 2.24. The molecule has 0 spiro atoms. The van der Waals surface area contributed by atoms with E-state index in [0.29, 0.717) is 13.0 Å². The molecule has 2 N–H and O–H groups in total. The third-order valence-electron chi connectivity index (χ3n) is 3.76. The molecule has 2 unspecified atom stereocenters. The largest absolute Gasteiger partial charge is 0.338 e. The van der Waals surface area contributed by atoms with Gasteiger partial charge in [-0.15, -0.1) is 12.4 Å². The summed E-state index contributed by atoms with van der Waals surface area (Å²) in [6.07, 6.45) is 3.53. The Morgan fingerprint density at radius 2 is 2.00 bits per heavy atom. The predicted molar refractivity (Wildman–Crippen MR) is 72.4 cm³/mol. The highest BCUT2D eigenvalue weighted by atomic mass is 35.5. The minimum atomic E-state index is -2.98. The van der Waals surface area contributed by atoms with Crippen LogP contribution in [-0.4, -0.2) is 49.9 Å². The van der Waals surface area contributed by atoms with Crippen molar-refractivity contribution in [3.8, 4) is 0 Å². The van der Waals surface area contributed by atoms with Crippen molar-refractivity contribution in [2.75, 3.05) is 24.6 Å². The zero-order valence-electron chi connectivity index (χ0n) is 10.4. The van der Waals surface area contributed by atoms with Crippen molar-refractivity contribution in [1.29, 1.82) is 0 Å². The first-order chi connectivity index (χ1) is 8.03. The summed E-state index contributed by atoms with van der Waals surface area (Å²) < 4.78 is 22.8. The second-order valence-electron chi connectivity index (χ2n) is 5.02. The van der Waals surface area contributed by atoms with Crippen LogP contribution in [0.25, 0.3) is 0 Å². The van der Waals surface area contributed by atoms with Crippen LogP contribution in [0.1, 0.15) is 25.7 Å². The van der Waals surface area contributed by atoms with Gasteiger partial charge in [-0.25, -0.2) is 8.42 Å². The molecule has 0 saturated carbocycles. The molecule has 0 bridgehead atoms. The number of rotatable bonds is 2.